The molecule has 0 saturated heterocycles. The van der Waals surface area contributed by atoms with E-state index in [0.717, 1.165) is 32.3 Å². The van der Waals surface area contributed by atoms with Gasteiger partial charge in [-0.25, -0.2) is 15.0 Å². The fraction of sp³-hybridized carbons (Fsp3) is 0.118. The van der Waals surface area contributed by atoms with Gasteiger partial charge in [-0.2, -0.15) is 0 Å². The van der Waals surface area contributed by atoms with Crippen LogP contribution in [0.25, 0.3) is 23.1 Å². The topological polar surface area (TPSA) is 58.9 Å². The highest BCUT2D eigenvalue weighted by Gasteiger charge is 2.04. The molecular formula is C17H14BrN3O. The summed E-state index contributed by atoms with van der Waals surface area (Å²) < 4.78 is 0.958. The smallest absolute Gasteiger partial charge is 0.152 e. The van der Waals surface area contributed by atoms with Crippen LogP contribution in [0.5, 0.6) is 0 Å². The monoisotopic (exact) mass is 355 g/mol. The summed E-state index contributed by atoms with van der Waals surface area (Å²) in [4.78, 5) is 13.1. The SMILES string of the molecule is Cc1ccnc(C=Cc2cc(CO)c3ccc(Br)cc3n2)n1. The number of aliphatic hydroxyl groups is 1. The quantitative estimate of drug-likeness (QED) is 0.776. The van der Waals surface area contributed by atoms with E-state index in [-0.39, 0.29) is 6.61 Å². The van der Waals surface area contributed by atoms with Gasteiger partial charge in [0, 0.05) is 21.7 Å². The van der Waals surface area contributed by atoms with Crippen molar-refractivity contribution < 1.29 is 5.11 Å². The second-order valence-electron chi connectivity index (χ2n) is 4.92. The minimum atomic E-state index is -0.0254. The molecule has 4 nitrogen and oxygen atoms in total. The maximum absolute atomic E-state index is 9.56. The molecule has 0 atom stereocenters. The second kappa shape index (κ2) is 6.34. The summed E-state index contributed by atoms with van der Waals surface area (Å²) in [5.41, 5.74) is 3.37. The van der Waals surface area contributed by atoms with Gasteiger partial charge in [-0.15, -0.1) is 0 Å². The van der Waals surface area contributed by atoms with Crippen LogP contribution in [0.2, 0.25) is 0 Å². The number of benzene rings is 1. The van der Waals surface area contributed by atoms with Crippen LogP contribution in [-0.2, 0) is 6.61 Å². The lowest BCUT2D eigenvalue weighted by Crippen LogP contribution is -1.93. The van der Waals surface area contributed by atoms with Gasteiger partial charge in [0.15, 0.2) is 5.82 Å². The van der Waals surface area contributed by atoms with E-state index in [1.54, 1.807) is 6.20 Å². The van der Waals surface area contributed by atoms with Crippen molar-refractivity contribution in [2.45, 2.75) is 13.5 Å². The molecule has 3 aromatic rings. The number of nitrogens with zero attached hydrogens (tertiary/aromatic N) is 3. The van der Waals surface area contributed by atoms with Crippen LogP contribution in [0.3, 0.4) is 0 Å². The molecule has 1 N–H and O–H groups in total. The lowest BCUT2D eigenvalue weighted by atomic mass is 10.1. The third-order valence-electron chi connectivity index (χ3n) is 3.26. The van der Waals surface area contributed by atoms with E-state index < -0.39 is 0 Å². The summed E-state index contributed by atoms with van der Waals surface area (Å²) in [6.07, 6.45) is 5.40. The summed E-state index contributed by atoms with van der Waals surface area (Å²) in [6, 6.07) is 9.57. The molecule has 0 bridgehead atoms. The van der Waals surface area contributed by atoms with E-state index in [4.69, 9.17) is 0 Å². The number of hydrogen-bond acceptors (Lipinski definition) is 4. The van der Waals surface area contributed by atoms with E-state index >= 15 is 0 Å². The zero-order valence-corrected chi connectivity index (χ0v) is 13.6. The van der Waals surface area contributed by atoms with E-state index in [1.807, 2.05) is 49.4 Å². The summed E-state index contributed by atoms with van der Waals surface area (Å²) in [7, 11) is 0. The van der Waals surface area contributed by atoms with E-state index in [9.17, 15) is 5.11 Å². The average Bonchev–Trinajstić information content (AvgIpc) is 2.51. The first-order valence-electron chi connectivity index (χ1n) is 6.83. The molecule has 3 rings (SSSR count). The summed E-state index contributed by atoms with van der Waals surface area (Å²) in [6.45, 7) is 1.90. The average molecular weight is 356 g/mol. The zero-order valence-electron chi connectivity index (χ0n) is 12.0. The van der Waals surface area contributed by atoms with Gasteiger partial charge in [-0.05, 0) is 48.9 Å². The Morgan fingerprint density at radius 1 is 1.14 bits per heavy atom. The molecule has 22 heavy (non-hydrogen) atoms. The molecule has 0 amide bonds. The van der Waals surface area contributed by atoms with Crippen LogP contribution in [0.4, 0.5) is 0 Å². The number of pyridine rings is 1. The normalized spacial score (nSPS) is 11.4. The highest BCUT2D eigenvalue weighted by Crippen LogP contribution is 2.23. The molecule has 0 saturated carbocycles. The summed E-state index contributed by atoms with van der Waals surface area (Å²) in [5, 5.41) is 10.5. The molecule has 0 unspecified atom stereocenters. The highest BCUT2D eigenvalue weighted by molar-refractivity contribution is 9.10. The molecule has 2 heterocycles. The Kier molecular flexibility index (Phi) is 4.27. The number of aryl methyl sites for hydroxylation is 1. The molecule has 0 aliphatic rings. The number of halogens is 1. The lowest BCUT2D eigenvalue weighted by Gasteiger charge is -2.06. The minimum Gasteiger partial charge on any atom is -0.392 e. The largest absolute Gasteiger partial charge is 0.392 e. The molecule has 0 fully saturated rings. The zero-order chi connectivity index (χ0) is 15.5. The number of aromatic nitrogens is 3. The number of hydrogen-bond donors (Lipinski definition) is 1. The van der Waals surface area contributed by atoms with Crippen LogP contribution in [0.1, 0.15) is 22.8 Å². The summed E-state index contributed by atoms with van der Waals surface area (Å²) in [5.74, 6) is 0.640. The highest BCUT2D eigenvalue weighted by atomic mass is 79.9. The Bertz CT molecular complexity index is 862. The maximum atomic E-state index is 9.56. The fourth-order valence-electron chi connectivity index (χ4n) is 2.22. The Morgan fingerprint density at radius 2 is 2.00 bits per heavy atom. The van der Waals surface area contributed by atoms with Crippen LogP contribution in [0.15, 0.2) is 41.0 Å². The fourth-order valence-corrected chi connectivity index (χ4v) is 2.57. The molecular weight excluding hydrogens is 342 g/mol. The third kappa shape index (κ3) is 3.21. The molecule has 5 heteroatoms. The van der Waals surface area contributed by atoms with Gasteiger partial charge in [0.1, 0.15) is 0 Å². The van der Waals surface area contributed by atoms with Crippen molar-refractivity contribution in [1.29, 1.82) is 0 Å². The maximum Gasteiger partial charge on any atom is 0.152 e. The first-order valence-corrected chi connectivity index (χ1v) is 7.63. The van der Waals surface area contributed by atoms with Crippen LogP contribution >= 0.6 is 15.9 Å². The molecule has 0 radical (unpaired) electrons. The molecule has 0 aliphatic heterocycles. The predicted molar refractivity (Wildman–Crippen MR) is 91.1 cm³/mol. The van der Waals surface area contributed by atoms with Crippen LogP contribution in [-0.4, -0.2) is 20.1 Å². The Morgan fingerprint density at radius 3 is 2.77 bits per heavy atom. The Balaban J connectivity index is 2.03. The van der Waals surface area contributed by atoms with Gasteiger partial charge in [0.05, 0.1) is 17.8 Å². The number of aliphatic hydroxyl groups excluding tert-OH is 1. The van der Waals surface area contributed by atoms with Crippen molar-refractivity contribution in [3.05, 3.63) is 63.8 Å². The Hall–Kier alpha value is -2.11. The van der Waals surface area contributed by atoms with E-state index in [0.29, 0.717) is 5.82 Å². The predicted octanol–water partition coefficient (Wildman–Crippen LogP) is 3.76. The molecule has 110 valence electrons. The van der Waals surface area contributed by atoms with Gasteiger partial charge in [0.2, 0.25) is 0 Å². The first-order chi connectivity index (χ1) is 10.7. The van der Waals surface area contributed by atoms with E-state index in [1.165, 1.54) is 0 Å². The standard InChI is InChI=1S/C17H14BrN3O/c1-11-6-7-19-17(20-11)5-3-14-8-12(10-22)15-4-2-13(18)9-16(15)21-14/h2-9,22H,10H2,1H3. The van der Waals surface area contributed by atoms with Crippen molar-refractivity contribution in [3.63, 3.8) is 0 Å². The molecule has 1 aromatic carbocycles. The summed E-state index contributed by atoms with van der Waals surface area (Å²) >= 11 is 3.45. The number of fused-ring (bicyclic) bond motifs is 1. The van der Waals surface area contributed by atoms with Crippen LogP contribution in [0, 0.1) is 6.92 Å². The van der Waals surface area contributed by atoms with Crippen molar-refractivity contribution in [3.8, 4) is 0 Å². The van der Waals surface area contributed by atoms with E-state index in [2.05, 4.69) is 30.9 Å². The van der Waals surface area contributed by atoms with Crippen molar-refractivity contribution in [1.82, 2.24) is 15.0 Å². The third-order valence-corrected chi connectivity index (χ3v) is 3.76. The van der Waals surface area contributed by atoms with Crippen LogP contribution < -0.4 is 0 Å². The number of rotatable bonds is 3. The minimum absolute atomic E-state index is 0.0254. The first kappa shape index (κ1) is 14.8. The molecule has 2 aromatic heterocycles. The van der Waals surface area contributed by atoms with Crippen molar-refractivity contribution >= 4 is 39.0 Å². The van der Waals surface area contributed by atoms with Gasteiger partial charge < -0.3 is 5.11 Å². The van der Waals surface area contributed by atoms with Gasteiger partial charge in [-0.3, -0.25) is 0 Å². The molecule has 0 aliphatic carbocycles. The van der Waals surface area contributed by atoms with Gasteiger partial charge in [-0.1, -0.05) is 22.0 Å². The van der Waals surface area contributed by atoms with Gasteiger partial charge >= 0.3 is 0 Å². The van der Waals surface area contributed by atoms with Crippen molar-refractivity contribution in [2.24, 2.45) is 0 Å². The molecule has 0 spiro atoms. The van der Waals surface area contributed by atoms with Crippen molar-refractivity contribution in [2.75, 3.05) is 0 Å². The lowest BCUT2D eigenvalue weighted by molar-refractivity contribution is 0.283. The van der Waals surface area contributed by atoms with Gasteiger partial charge in [0.25, 0.3) is 0 Å². The Labute approximate surface area is 136 Å². The second-order valence-corrected chi connectivity index (χ2v) is 5.83.